The predicted octanol–water partition coefficient (Wildman–Crippen LogP) is 8.70. The maximum atomic E-state index is 13.4. The number of nitrogens with zero attached hydrogens (tertiary/aromatic N) is 5. The highest BCUT2D eigenvalue weighted by Gasteiger charge is 2.15. The lowest BCUT2D eigenvalue weighted by molar-refractivity contribution is 0.262. The summed E-state index contributed by atoms with van der Waals surface area (Å²) in [5.41, 5.74) is 6.45. The molecule has 0 aliphatic carbocycles. The lowest BCUT2D eigenvalue weighted by atomic mass is 10.1. The standard InChI is InChI=1S/C38H40N8O2/c1-5-7-10-29-22-37(46(45-29)30-15-13-27(6-2)14-16-30)44-38(47)42-33-17-18-34(32-12-9-8-11-31(32)33)48-24-28-19-20-39-35(21-28)43-36-23-40-25(3)26(4)41-36/h8-9,11-23H,5-7,10,24H2,1-4H3,(H,39,41,43)(H2,42,44,47). The zero-order valence-corrected chi connectivity index (χ0v) is 27.7. The van der Waals surface area contributed by atoms with Gasteiger partial charge in [0.05, 0.1) is 34.7 Å². The molecule has 0 radical (unpaired) electrons. The number of urea groups is 1. The van der Waals surface area contributed by atoms with Crippen molar-refractivity contribution in [1.29, 1.82) is 0 Å². The summed E-state index contributed by atoms with van der Waals surface area (Å²) in [6, 6.07) is 25.3. The van der Waals surface area contributed by atoms with Crippen LogP contribution in [0.5, 0.6) is 5.75 Å². The van der Waals surface area contributed by atoms with E-state index in [0.717, 1.165) is 64.8 Å². The van der Waals surface area contributed by atoms with Crippen LogP contribution in [0.1, 0.15) is 54.9 Å². The van der Waals surface area contributed by atoms with Crippen LogP contribution in [0.15, 0.2) is 91.3 Å². The summed E-state index contributed by atoms with van der Waals surface area (Å²) in [7, 11) is 0. The SMILES string of the molecule is CCCCc1cc(NC(=O)Nc2ccc(OCc3ccnc(Nc4cnc(C)c(C)n4)c3)c3ccccc23)n(-c2ccc(CC)cc2)n1. The molecule has 6 aromatic rings. The highest BCUT2D eigenvalue weighted by Crippen LogP contribution is 2.32. The fourth-order valence-electron chi connectivity index (χ4n) is 5.37. The van der Waals surface area contributed by atoms with Crippen LogP contribution in [0.3, 0.4) is 0 Å². The molecule has 10 heteroatoms. The van der Waals surface area contributed by atoms with Crippen molar-refractivity contribution in [3.63, 3.8) is 0 Å². The van der Waals surface area contributed by atoms with Gasteiger partial charge in [-0.15, -0.1) is 0 Å². The maximum absolute atomic E-state index is 13.4. The number of nitrogens with one attached hydrogen (secondary N) is 3. The first-order chi connectivity index (χ1) is 23.4. The van der Waals surface area contributed by atoms with Crippen LogP contribution in [0.25, 0.3) is 16.5 Å². The van der Waals surface area contributed by atoms with E-state index in [1.165, 1.54) is 5.56 Å². The number of amides is 2. The molecule has 244 valence electrons. The minimum Gasteiger partial charge on any atom is -0.488 e. The van der Waals surface area contributed by atoms with Crippen LogP contribution in [0.4, 0.5) is 27.9 Å². The molecule has 2 amide bonds. The van der Waals surface area contributed by atoms with E-state index in [2.05, 4.69) is 56.9 Å². The van der Waals surface area contributed by atoms with Gasteiger partial charge in [-0.05, 0) is 80.6 Å². The Balaban J connectivity index is 1.17. The Morgan fingerprint density at radius 3 is 2.42 bits per heavy atom. The Hall–Kier alpha value is -5.77. The summed E-state index contributed by atoms with van der Waals surface area (Å²) in [5, 5.41) is 15.9. The zero-order chi connectivity index (χ0) is 33.5. The minimum absolute atomic E-state index is 0.330. The van der Waals surface area contributed by atoms with E-state index < -0.39 is 0 Å². The van der Waals surface area contributed by atoms with Gasteiger partial charge in [0.1, 0.15) is 29.8 Å². The monoisotopic (exact) mass is 640 g/mol. The van der Waals surface area contributed by atoms with Gasteiger partial charge in [-0.3, -0.25) is 10.3 Å². The van der Waals surface area contributed by atoms with Gasteiger partial charge in [0.25, 0.3) is 0 Å². The van der Waals surface area contributed by atoms with Crippen molar-refractivity contribution in [2.75, 3.05) is 16.0 Å². The van der Waals surface area contributed by atoms with E-state index in [-0.39, 0.29) is 6.03 Å². The van der Waals surface area contributed by atoms with Gasteiger partial charge in [-0.25, -0.2) is 19.4 Å². The number of hydrogen-bond acceptors (Lipinski definition) is 7. The third-order valence-corrected chi connectivity index (χ3v) is 8.18. The number of unbranched alkanes of at least 4 members (excludes halogenated alkanes) is 1. The topological polar surface area (TPSA) is 119 Å². The second-order valence-electron chi connectivity index (χ2n) is 11.7. The fraction of sp³-hybridized carbons (Fsp3) is 0.237. The second-order valence-corrected chi connectivity index (χ2v) is 11.7. The van der Waals surface area contributed by atoms with Crippen molar-refractivity contribution < 1.29 is 9.53 Å². The Labute approximate surface area is 280 Å². The highest BCUT2D eigenvalue weighted by molar-refractivity contribution is 6.07. The number of rotatable bonds is 12. The van der Waals surface area contributed by atoms with E-state index in [1.807, 2.05) is 80.6 Å². The van der Waals surface area contributed by atoms with Crippen LogP contribution in [0, 0.1) is 13.8 Å². The molecule has 0 spiro atoms. The lowest BCUT2D eigenvalue weighted by Crippen LogP contribution is -2.21. The molecule has 0 atom stereocenters. The molecule has 3 N–H and O–H groups in total. The summed E-state index contributed by atoms with van der Waals surface area (Å²) in [6.07, 6.45) is 7.33. The largest absolute Gasteiger partial charge is 0.488 e. The van der Waals surface area contributed by atoms with E-state index in [1.54, 1.807) is 17.1 Å². The van der Waals surface area contributed by atoms with E-state index in [9.17, 15) is 4.79 Å². The number of fused-ring (bicyclic) bond motifs is 1. The molecule has 10 nitrogen and oxygen atoms in total. The summed E-state index contributed by atoms with van der Waals surface area (Å²) in [5.74, 6) is 2.61. The van der Waals surface area contributed by atoms with E-state index in [4.69, 9.17) is 9.84 Å². The summed E-state index contributed by atoms with van der Waals surface area (Å²) in [4.78, 5) is 26.7. The number of hydrogen-bond donors (Lipinski definition) is 3. The quantitative estimate of drug-likeness (QED) is 0.122. The van der Waals surface area contributed by atoms with Crippen LogP contribution < -0.4 is 20.7 Å². The van der Waals surface area contributed by atoms with Crippen LogP contribution in [-0.2, 0) is 19.4 Å². The summed E-state index contributed by atoms with van der Waals surface area (Å²) >= 11 is 0. The number of anilines is 4. The first kappa shape index (κ1) is 32.2. The van der Waals surface area contributed by atoms with Crippen LogP contribution in [0.2, 0.25) is 0 Å². The average molecular weight is 641 g/mol. The Morgan fingerprint density at radius 1 is 0.833 bits per heavy atom. The van der Waals surface area contributed by atoms with Gasteiger partial charge < -0.3 is 15.4 Å². The first-order valence-electron chi connectivity index (χ1n) is 16.3. The first-order valence-corrected chi connectivity index (χ1v) is 16.3. The Bertz CT molecular complexity index is 2040. The number of ether oxygens (including phenoxy) is 1. The normalized spacial score (nSPS) is 11.0. The smallest absolute Gasteiger partial charge is 0.324 e. The molecular weight excluding hydrogens is 600 g/mol. The van der Waals surface area contributed by atoms with Gasteiger partial charge in [-0.2, -0.15) is 5.10 Å². The summed E-state index contributed by atoms with van der Waals surface area (Å²) < 4.78 is 8.09. The van der Waals surface area contributed by atoms with Gasteiger partial charge in [-0.1, -0.05) is 56.7 Å². The molecule has 6 rings (SSSR count). The maximum Gasteiger partial charge on any atom is 0.324 e. The second kappa shape index (κ2) is 14.8. The molecule has 0 saturated carbocycles. The zero-order valence-electron chi connectivity index (χ0n) is 27.7. The number of carbonyl (C=O) groups is 1. The molecule has 0 fully saturated rings. The molecule has 0 unspecified atom stereocenters. The van der Waals surface area contributed by atoms with Crippen molar-refractivity contribution in [1.82, 2.24) is 24.7 Å². The van der Waals surface area contributed by atoms with E-state index >= 15 is 0 Å². The summed E-state index contributed by atoms with van der Waals surface area (Å²) in [6.45, 7) is 8.47. The fourth-order valence-corrected chi connectivity index (χ4v) is 5.37. The third kappa shape index (κ3) is 7.60. The molecule has 0 saturated heterocycles. The Morgan fingerprint density at radius 2 is 1.65 bits per heavy atom. The van der Waals surface area contributed by atoms with Crippen LogP contribution in [-0.4, -0.2) is 30.8 Å². The molecule has 3 heterocycles. The van der Waals surface area contributed by atoms with Crippen molar-refractivity contribution in [3.05, 3.63) is 119 Å². The molecule has 0 aliphatic heterocycles. The van der Waals surface area contributed by atoms with Gasteiger partial charge in [0.15, 0.2) is 0 Å². The average Bonchev–Trinajstić information content (AvgIpc) is 3.50. The molecule has 0 aliphatic rings. The minimum atomic E-state index is -0.354. The lowest BCUT2D eigenvalue weighted by Gasteiger charge is -2.15. The molecule has 0 bridgehead atoms. The van der Waals surface area contributed by atoms with Crippen molar-refractivity contribution >= 4 is 39.9 Å². The predicted molar refractivity (Wildman–Crippen MR) is 192 cm³/mol. The number of aromatic nitrogens is 5. The number of benzene rings is 3. The molecule has 3 aromatic heterocycles. The highest BCUT2D eigenvalue weighted by atomic mass is 16.5. The van der Waals surface area contributed by atoms with Gasteiger partial charge in [0, 0.05) is 23.0 Å². The Kier molecular flexibility index (Phi) is 9.90. The van der Waals surface area contributed by atoms with Crippen molar-refractivity contribution in [2.24, 2.45) is 0 Å². The van der Waals surface area contributed by atoms with Crippen molar-refractivity contribution in [3.8, 4) is 11.4 Å². The van der Waals surface area contributed by atoms with Gasteiger partial charge >= 0.3 is 6.03 Å². The molecular formula is C38H40N8O2. The molecule has 3 aromatic carbocycles. The molecule has 48 heavy (non-hydrogen) atoms. The van der Waals surface area contributed by atoms with Crippen LogP contribution >= 0.6 is 0 Å². The number of pyridine rings is 1. The third-order valence-electron chi connectivity index (χ3n) is 8.18. The van der Waals surface area contributed by atoms with E-state index in [0.29, 0.717) is 35.5 Å². The number of carbonyl (C=O) groups excluding carboxylic acids is 1. The van der Waals surface area contributed by atoms with Gasteiger partial charge in [0.2, 0.25) is 0 Å². The van der Waals surface area contributed by atoms with Crippen molar-refractivity contribution in [2.45, 2.75) is 60.0 Å². The number of aryl methyl sites for hydroxylation is 4.